The van der Waals surface area contributed by atoms with Crippen LogP contribution in [0, 0.1) is 17.2 Å². The van der Waals surface area contributed by atoms with Crippen LogP contribution in [0.2, 0.25) is 0 Å². The third-order valence-corrected chi connectivity index (χ3v) is 4.71. The summed E-state index contributed by atoms with van der Waals surface area (Å²) in [5.74, 6) is 0.336. The third kappa shape index (κ3) is 4.42. The lowest BCUT2D eigenvalue weighted by Crippen LogP contribution is -2.53. The zero-order valence-electron chi connectivity index (χ0n) is 13.3. The molecule has 21 heavy (non-hydrogen) atoms. The van der Waals surface area contributed by atoms with Crippen molar-refractivity contribution in [3.8, 4) is 6.07 Å². The minimum Gasteiger partial charge on any atom is -0.337 e. The molecule has 0 aromatic carbocycles. The first-order valence-corrected chi connectivity index (χ1v) is 8.26. The van der Waals surface area contributed by atoms with Gasteiger partial charge in [-0.1, -0.05) is 6.92 Å². The Labute approximate surface area is 128 Å². The van der Waals surface area contributed by atoms with Crippen molar-refractivity contribution < 1.29 is 4.79 Å². The van der Waals surface area contributed by atoms with Crippen molar-refractivity contribution in [2.24, 2.45) is 5.92 Å². The van der Waals surface area contributed by atoms with Gasteiger partial charge in [-0.2, -0.15) is 5.26 Å². The Hall–Kier alpha value is -1.12. The first kappa shape index (κ1) is 16.3. The molecule has 0 aromatic heterocycles. The molecule has 1 saturated carbocycles. The van der Waals surface area contributed by atoms with Gasteiger partial charge in [0.1, 0.15) is 5.54 Å². The number of carbonyl (C=O) groups excluding carboxylic acids is 1. The molecule has 1 aliphatic heterocycles. The summed E-state index contributed by atoms with van der Waals surface area (Å²) in [7, 11) is 0. The SMILES string of the molecule is CCCN(CC(=O)NC(C)(C#N)C1CC1)C1CCNCC1. The quantitative estimate of drug-likeness (QED) is 0.741. The topological polar surface area (TPSA) is 68.2 Å². The normalized spacial score (nSPS) is 22.6. The number of nitriles is 1. The highest BCUT2D eigenvalue weighted by molar-refractivity contribution is 5.79. The maximum absolute atomic E-state index is 12.4. The molecule has 2 aliphatic rings. The summed E-state index contributed by atoms with van der Waals surface area (Å²) >= 11 is 0. The number of carbonyl (C=O) groups is 1. The summed E-state index contributed by atoms with van der Waals surface area (Å²) in [6.07, 6.45) is 5.36. The van der Waals surface area contributed by atoms with Crippen LogP contribution in [0.4, 0.5) is 0 Å². The highest BCUT2D eigenvalue weighted by atomic mass is 16.2. The van der Waals surface area contributed by atoms with Gasteiger partial charge in [-0.05, 0) is 64.6 Å². The molecule has 1 heterocycles. The second-order valence-electron chi connectivity index (χ2n) is 6.59. The molecular weight excluding hydrogens is 264 g/mol. The molecule has 1 unspecified atom stereocenters. The van der Waals surface area contributed by atoms with E-state index in [4.69, 9.17) is 0 Å². The molecule has 0 aromatic rings. The lowest BCUT2D eigenvalue weighted by Gasteiger charge is -2.34. The average molecular weight is 292 g/mol. The first-order valence-electron chi connectivity index (χ1n) is 8.26. The summed E-state index contributed by atoms with van der Waals surface area (Å²) in [5, 5.41) is 15.7. The van der Waals surface area contributed by atoms with E-state index in [0.717, 1.165) is 51.7 Å². The van der Waals surface area contributed by atoms with E-state index in [2.05, 4.69) is 28.5 Å². The van der Waals surface area contributed by atoms with Crippen molar-refractivity contribution in [3.05, 3.63) is 0 Å². The van der Waals surface area contributed by atoms with Crippen molar-refractivity contribution in [1.82, 2.24) is 15.5 Å². The molecule has 1 atom stereocenters. The molecule has 5 heteroatoms. The maximum atomic E-state index is 12.4. The van der Waals surface area contributed by atoms with Crippen molar-refractivity contribution in [2.75, 3.05) is 26.2 Å². The van der Waals surface area contributed by atoms with Crippen LogP contribution in [0.3, 0.4) is 0 Å². The van der Waals surface area contributed by atoms with E-state index in [1.54, 1.807) is 0 Å². The summed E-state index contributed by atoms with van der Waals surface area (Å²) in [5.41, 5.74) is -0.677. The van der Waals surface area contributed by atoms with E-state index in [-0.39, 0.29) is 5.91 Å². The first-order chi connectivity index (χ1) is 10.1. The van der Waals surface area contributed by atoms with E-state index in [1.165, 1.54) is 0 Å². The number of nitrogens with one attached hydrogen (secondary N) is 2. The van der Waals surface area contributed by atoms with Gasteiger partial charge in [0.15, 0.2) is 0 Å². The van der Waals surface area contributed by atoms with E-state index in [0.29, 0.717) is 18.5 Å². The fourth-order valence-corrected chi connectivity index (χ4v) is 3.25. The summed E-state index contributed by atoms with van der Waals surface area (Å²) < 4.78 is 0. The van der Waals surface area contributed by atoms with Gasteiger partial charge in [0.25, 0.3) is 0 Å². The molecular formula is C16H28N4O. The molecule has 118 valence electrons. The van der Waals surface area contributed by atoms with E-state index in [9.17, 15) is 10.1 Å². The maximum Gasteiger partial charge on any atom is 0.235 e. The molecule has 1 saturated heterocycles. The Kier molecular flexibility index (Phi) is 5.60. The van der Waals surface area contributed by atoms with Gasteiger partial charge in [0.05, 0.1) is 12.6 Å². The van der Waals surface area contributed by atoms with Gasteiger partial charge >= 0.3 is 0 Å². The van der Waals surface area contributed by atoms with Crippen molar-refractivity contribution in [3.63, 3.8) is 0 Å². The zero-order valence-corrected chi connectivity index (χ0v) is 13.3. The summed E-state index contributed by atoms with van der Waals surface area (Å²) in [4.78, 5) is 14.7. The van der Waals surface area contributed by atoms with Crippen molar-refractivity contribution in [1.29, 1.82) is 5.26 Å². The number of amides is 1. The van der Waals surface area contributed by atoms with Crippen LogP contribution >= 0.6 is 0 Å². The Morgan fingerprint density at radius 1 is 1.38 bits per heavy atom. The molecule has 5 nitrogen and oxygen atoms in total. The second-order valence-corrected chi connectivity index (χ2v) is 6.59. The summed E-state index contributed by atoms with van der Waals surface area (Å²) in [6.45, 7) is 7.44. The Bertz CT molecular complexity index is 396. The van der Waals surface area contributed by atoms with Gasteiger partial charge in [-0.15, -0.1) is 0 Å². The molecule has 0 bridgehead atoms. The standard InChI is InChI=1S/C16H28N4O/c1-3-10-20(14-6-8-18-9-7-14)11-15(21)19-16(2,12-17)13-4-5-13/h13-14,18H,3-11H2,1-2H3,(H,19,21). The van der Waals surface area contributed by atoms with Gasteiger partial charge in [0, 0.05) is 6.04 Å². The van der Waals surface area contributed by atoms with E-state index >= 15 is 0 Å². The molecule has 2 N–H and O–H groups in total. The van der Waals surface area contributed by atoms with E-state index < -0.39 is 5.54 Å². The van der Waals surface area contributed by atoms with Gasteiger partial charge in [-0.25, -0.2) is 0 Å². The zero-order chi connectivity index (χ0) is 15.3. The molecule has 0 spiro atoms. The number of piperidine rings is 1. The van der Waals surface area contributed by atoms with Gasteiger partial charge in [0.2, 0.25) is 5.91 Å². The minimum absolute atomic E-state index is 0.00191. The Balaban J connectivity index is 1.89. The van der Waals surface area contributed by atoms with Crippen LogP contribution in [0.25, 0.3) is 0 Å². The predicted octanol–water partition coefficient (Wildman–Crippen LogP) is 1.26. The van der Waals surface area contributed by atoms with Gasteiger partial charge in [-0.3, -0.25) is 9.69 Å². The largest absolute Gasteiger partial charge is 0.337 e. The number of hydrogen-bond donors (Lipinski definition) is 2. The minimum atomic E-state index is -0.677. The lowest BCUT2D eigenvalue weighted by molar-refractivity contribution is -0.124. The van der Waals surface area contributed by atoms with Crippen molar-refractivity contribution >= 4 is 5.91 Å². The monoisotopic (exact) mass is 292 g/mol. The number of nitrogens with zero attached hydrogens (tertiary/aromatic N) is 2. The molecule has 0 radical (unpaired) electrons. The fourth-order valence-electron chi connectivity index (χ4n) is 3.25. The molecule has 2 rings (SSSR count). The predicted molar refractivity (Wildman–Crippen MR) is 82.6 cm³/mol. The van der Waals surface area contributed by atoms with Crippen LogP contribution in [0.15, 0.2) is 0 Å². The lowest BCUT2D eigenvalue weighted by atomic mass is 9.98. The number of hydrogen-bond acceptors (Lipinski definition) is 4. The smallest absolute Gasteiger partial charge is 0.235 e. The fraction of sp³-hybridized carbons (Fsp3) is 0.875. The van der Waals surface area contributed by atoms with Crippen molar-refractivity contribution in [2.45, 2.75) is 57.5 Å². The molecule has 1 amide bonds. The average Bonchev–Trinajstić information content (AvgIpc) is 3.32. The van der Waals surface area contributed by atoms with Crippen LogP contribution in [-0.4, -0.2) is 48.6 Å². The van der Waals surface area contributed by atoms with Crippen LogP contribution in [-0.2, 0) is 4.79 Å². The van der Waals surface area contributed by atoms with Crippen LogP contribution in [0.5, 0.6) is 0 Å². The highest BCUT2D eigenvalue weighted by Crippen LogP contribution is 2.39. The Morgan fingerprint density at radius 2 is 2.05 bits per heavy atom. The summed E-state index contributed by atoms with van der Waals surface area (Å²) in [6, 6.07) is 2.79. The second kappa shape index (κ2) is 7.24. The highest BCUT2D eigenvalue weighted by Gasteiger charge is 2.43. The molecule has 2 fully saturated rings. The third-order valence-electron chi connectivity index (χ3n) is 4.71. The van der Waals surface area contributed by atoms with Crippen LogP contribution in [0.1, 0.15) is 46.0 Å². The van der Waals surface area contributed by atoms with E-state index in [1.807, 2.05) is 6.92 Å². The van der Waals surface area contributed by atoms with Gasteiger partial charge < -0.3 is 10.6 Å². The Morgan fingerprint density at radius 3 is 2.57 bits per heavy atom. The molecule has 1 aliphatic carbocycles. The number of rotatable bonds is 7. The van der Waals surface area contributed by atoms with Crippen LogP contribution < -0.4 is 10.6 Å².